The Bertz CT molecular complexity index is 1490. The highest BCUT2D eigenvalue weighted by Crippen LogP contribution is 2.37. The quantitative estimate of drug-likeness (QED) is 0.315. The molecule has 196 valence electrons. The molecule has 37 heavy (non-hydrogen) atoms. The summed E-state index contributed by atoms with van der Waals surface area (Å²) in [5.41, 5.74) is 2.63. The van der Waals surface area contributed by atoms with E-state index in [4.69, 9.17) is 4.74 Å². The number of nitrogens with zero attached hydrogens (tertiary/aromatic N) is 3. The summed E-state index contributed by atoms with van der Waals surface area (Å²) in [5.74, 6) is -0.406. The number of carbonyl (C=O) groups is 1. The Morgan fingerprint density at radius 1 is 1.16 bits per heavy atom. The predicted octanol–water partition coefficient (Wildman–Crippen LogP) is 4.08. The van der Waals surface area contributed by atoms with Crippen molar-refractivity contribution in [1.82, 2.24) is 19.8 Å². The first kappa shape index (κ1) is 26.3. The van der Waals surface area contributed by atoms with Crippen molar-refractivity contribution in [3.05, 3.63) is 68.9 Å². The lowest BCUT2D eigenvalue weighted by Crippen LogP contribution is -2.31. The lowest BCUT2D eigenvalue weighted by molar-refractivity contribution is -0.385. The molecule has 1 saturated carbocycles. The van der Waals surface area contributed by atoms with Crippen molar-refractivity contribution in [2.24, 2.45) is 0 Å². The summed E-state index contributed by atoms with van der Waals surface area (Å²) in [6, 6.07) is 8.63. The largest absolute Gasteiger partial charge is 0.437 e. The molecule has 0 atom stereocenters. The minimum Gasteiger partial charge on any atom is -0.437 e. The zero-order valence-electron chi connectivity index (χ0n) is 21.2. The average molecular weight is 528 g/mol. The van der Waals surface area contributed by atoms with Crippen molar-refractivity contribution in [2.75, 3.05) is 0 Å². The summed E-state index contributed by atoms with van der Waals surface area (Å²) in [6.45, 7) is 9.15. The van der Waals surface area contributed by atoms with Crippen LogP contribution in [0.4, 0.5) is 5.69 Å². The van der Waals surface area contributed by atoms with E-state index in [-0.39, 0.29) is 40.0 Å². The van der Waals surface area contributed by atoms with Gasteiger partial charge < -0.3 is 10.1 Å². The van der Waals surface area contributed by atoms with E-state index >= 15 is 0 Å². The van der Waals surface area contributed by atoms with Gasteiger partial charge >= 0.3 is 0 Å². The van der Waals surface area contributed by atoms with Crippen molar-refractivity contribution in [1.29, 1.82) is 0 Å². The number of amides is 1. The number of aromatic nitrogens is 2. The maximum absolute atomic E-state index is 13.1. The van der Waals surface area contributed by atoms with E-state index in [9.17, 15) is 23.3 Å². The number of hydrogen-bond donors (Lipinski definition) is 2. The molecular formula is C25H29N5O6S. The summed E-state index contributed by atoms with van der Waals surface area (Å²) < 4.78 is 36.4. The minimum atomic E-state index is -4.12. The molecule has 0 saturated heterocycles. The molecule has 1 aliphatic rings. The second-order valence-corrected chi connectivity index (χ2v) is 11.1. The summed E-state index contributed by atoms with van der Waals surface area (Å²) in [4.78, 5) is 23.3. The van der Waals surface area contributed by atoms with Gasteiger partial charge in [-0.25, -0.2) is 13.1 Å². The monoisotopic (exact) mass is 527 g/mol. The second kappa shape index (κ2) is 9.94. The van der Waals surface area contributed by atoms with E-state index < -0.39 is 20.9 Å². The lowest BCUT2D eigenvalue weighted by atomic mass is 10.1. The van der Waals surface area contributed by atoms with E-state index in [0.29, 0.717) is 24.1 Å². The smallest absolute Gasteiger partial charge is 0.272 e. The zero-order chi connectivity index (χ0) is 27.1. The molecule has 1 amide bonds. The van der Waals surface area contributed by atoms with Gasteiger partial charge in [-0.15, -0.1) is 0 Å². The predicted molar refractivity (Wildman–Crippen MR) is 137 cm³/mol. The topological polar surface area (TPSA) is 145 Å². The van der Waals surface area contributed by atoms with E-state index in [1.165, 1.54) is 16.8 Å². The van der Waals surface area contributed by atoms with Crippen molar-refractivity contribution in [3.8, 4) is 17.3 Å². The van der Waals surface area contributed by atoms with Crippen LogP contribution in [-0.2, 0) is 10.0 Å². The van der Waals surface area contributed by atoms with Crippen LogP contribution in [0.2, 0.25) is 0 Å². The molecule has 0 radical (unpaired) electrons. The number of nitro benzene ring substituents is 1. The molecule has 12 heteroatoms. The van der Waals surface area contributed by atoms with Crippen LogP contribution in [0.5, 0.6) is 11.6 Å². The summed E-state index contributed by atoms with van der Waals surface area (Å²) in [7, 11) is -4.12. The molecular weight excluding hydrogens is 498 g/mol. The number of benzene rings is 2. The number of nitrogens with one attached hydrogen (secondary N) is 2. The number of hydrogen-bond acceptors (Lipinski definition) is 7. The maximum Gasteiger partial charge on any atom is 0.272 e. The number of rotatable bonds is 9. The maximum atomic E-state index is 13.1. The van der Waals surface area contributed by atoms with Gasteiger partial charge in [0.15, 0.2) is 5.69 Å². The second-order valence-electron chi connectivity index (χ2n) is 9.42. The number of carbonyl (C=O) groups excluding carboxylic acids is 1. The molecule has 3 aromatic rings. The Morgan fingerprint density at radius 2 is 1.86 bits per heavy atom. The molecule has 0 spiro atoms. The molecule has 1 heterocycles. The van der Waals surface area contributed by atoms with Gasteiger partial charge in [-0.3, -0.25) is 14.9 Å². The lowest BCUT2D eigenvalue weighted by Gasteiger charge is -2.15. The van der Waals surface area contributed by atoms with Crippen LogP contribution in [0.25, 0.3) is 5.69 Å². The van der Waals surface area contributed by atoms with E-state index in [0.717, 1.165) is 17.2 Å². The van der Waals surface area contributed by atoms with Crippen LogP contribution >= 0.6 is 0 Å². The van der Waals surface area contributed by atoms with Crippen LogP contribution in [0.15, 0.2) is 41.3 Å². The SMILES string of the molecule is Cc1cccc(-n2nc(C(=O)NC(C)C)c(C)c2Oc2ccc([N+](=O)[O-])cc2S(=O)(=O)NC2CC2)c1C. The third-order valence-corrected chi connectivity index (χ3v) is 7.58. The molecule has 2 aromatic carbocycles. The Balaban J connectivity index is 1.89. The van der Waals surface area contributed by atoms with Crippen LogP contribution < -0.4 is 14.8 Å². The minimum absolute atomic E-state index is 0.118. The molecule has 0 bridgehead atoms. The van der Waals surface area contributed by atoms with Gasteiger partial charge in [-0.2, -0.15) is 9.78 Å². The average Bonchev–Trinajstić information content (AvgIpc) is 3.57. The van der Waals surface area contributed by atoms with E-state index in [1.54, 1.807) is 6.92 Å². The van der Waals surface area contributed by atoms with Gasteiger partial charge in [-0.1, -0.05) is 12.1 Å². The highest BCUT2D eigenvalue weighted by molar-refractivity contribution is 7.89. The standard InChI is InChI=1S/C25H29N5O6S/c1-14(2)26-24(31)23-17(5)25(29(27-23)20-8-6-7-15(3)16(20)4)36-21-12-11-19(30(32)33)13-22(21)37(34,35)28-18-9-10-18/h6-8,11-14,18,28H,9-10H2,1-5H3,(H,26,31). The Kier molecular flexibility index (Phi) is 7.07. The van der Waals surface area contributed by atoms with Gasteiger partial charge in [0.05, 0.1) is 10.6 Å². The summed E-state index contributed by atoms with van der Waals surface area (Å²) in [5, 5.41) is 18.8. The van der Waals surface area contributed by atoms with Crippen molar-refractivity contribution in [3.63, 3.8) is 0 Å². The Labute approximate surface area is 215 Å². The first-order valence-electron chi connectivity index (χ1n) is 11.8. The fraction of sp³-hybridized carbons (Fsp3) is 0.360. The van der Waals surface area contributed by atoms with Crippen LogP contribution in [-0.4, -0.2) is 41.1 Å². The van der Waals surface area contributed by atoms with Crippen LogP contribution in [0.3, 0.4) is 0 Å². The van der Waals surface area contributed by atoms with Crippen LogP contribution in [0.1, 0.15) is 53.9 Å². The molecule has 0 unspecified atom stereocenters. The summed E-state index contributed by atoms with van der Waals surface area (Å²) >= 11 is 0. The van der Waals surface area contributed by atoms with Crippen molar-refractivity contribution in [2.45, 2.75) is 64.4 Å². The highest BCUT2D eigenvalue weighted by Gasteiger charge is 2.32. The molecule has 0 aliphatic heterocycles. The van der Waals surface area contributed by atoms with Gasteiger partial charge in [-0.05, 0) is 70.7 Å². The molecule has 4 rings (SSSR count). The number of sulfonamides is 1. The number of non-ortho nitro benzene ring substituents is 1. The molecule has 2 N–H and O–H groups in total. The van der Waals surface area contributed by atoms with Crippen molar-refractivity contribution >= 4 is 21.6 Å². The van der Waals surface area contributed by atoms with Crippen LogP contribution in [0, 0.1) is 30.9 Å². The Hall–Kier alpha value is -3.77. The first-order chi connectivity index (χ1) is 17.4. The zero-order valence-corrected chi connectivity index (χ0v) is 22.0. The molecule has 1 aromatic heterocycles. The van der Waals surface area contributed by atoms with E-state index in [2.05, 4.69) is 15.1 Å². The summed E-state index contributed by atoms with van der Waals surface area (Å²) in [6.07, 6.45) is 1.38. The molecule has 1 fully saturated rings. The number of aryl methyl sites for hydroxylation is 1. The Morgan fingerprint density at radius 3 is 2.49 bits per heavy atom. The van der Waals surface area contributed by atoms with Gasteiger partial charge in [0, 0.05) is 29.8 Å². The van der Waals surface area contributed by atoms with Gasteiger partial charge in [0.1, 0.15) is 10.6 Å². The third kappa shape index (κ3) is 5.49. The first-order valence-corrected chi connectivity index (χ1v) is 13.3. The van der Waals surface area contributed by atoms with Crippen molar-refractivity contribution < 1.29 is 22.9 Å². The normalized spacial score (nSPS) is 13.6. The fourth-order valence-electron chi connectivity index (χ4n) is 3.77. The number of nitro groups is 1. The number of ether oxygens (including phenoxy) is 1. The van der Waals surface area contributed by atoms with E-state index in [1.807, 2.05) is 45.9 Å². The molecule has 11 nitrogen and oxygen atoms in total. The molecule has 1 aliphatic carbocycles. The highest BCUT2D eigenvalue weighted by atomic mass is 32.2. The van der Waals surface area contributed by atoms with Gasteiger partial charge in [0.2, 0.25) is 15.9 Å². The third-order valence-electron chi connectivity index (χ3n) is 6.04. The van der Waals surface area contributed by atoms with Gasteiger partial charge in [0.25, 0.3) is 11.6 Å². The fourth-order valence-corrected chi connectivity index (χ4v) is 5.22.